The van der Waals surface area contributed by atoms with Gasteiger partial charge in [-0.05, 0) is 51.9 Å². The van der Waals surface area contributed by atoms with Gasteiger partial charge in [0.1, 0.15) is 11.0 Å². The number of phenolic OH excluding ortho intramolecular Hbond substituents is 1. The molecule has 0 amide bonds. The van der Waals surface area contributed by atoms with E-state index in [-0.39, 0.29) is 35.9 Å². The summed E-state index contributed by atoms with van der Waals surface area (Å²) in [5.74, 6) is 0.285. The summed E-state index contributed by atoms with van der Waals surface area (Å²) in [6, 6.07) is 28.2. The summed E-state index contributed by atoms with van der Waals surface area (Å²) in [6.07, 6.45) is 4.07. The molecule has 7 heteroatoms. The first kappa shape index (κ1) is 30.5. The van der Waals surface area contributed by atoms with Crippen LogP contribution in [-0.4, -0.2) is 52.2 Å². The number of hydrogen-bond acceptors (Lipinski definition) is 5. The third kappa shape index (κ3) is 5.93. The molecule has 5 nitrogen and oxygen atoms in total. The molecular weight excluding hydrogens is 561 g/mol. The van der Waals surface area contributed by atoms with E-state index in [0.717, 1.165) is 29.6 Å². The lowest BCUT2D eigenvalue weighted by Gasteiger charge is -2.43. The molecule has 0 saturated carbocycles. The molecule has 5 rings (SSSR count). The van der Waals surface area contributed by atoms with E-state index in [1.54, 1.807) is 6.07 Å². The van der Waals surface area contributed by atoms with Crippen molar-refractivity contribution >= 4 is 34.6 Å². The summed E-state index contributed by atoms with van der Waals surface area (Å²) in [6.45, 7) is 9.27. The number of aromatic hydroxyl groups is 1. The predicted molar refractivity (Wildman–Crippen MR) is 174 cm³/mol. The first-order valence-electron chi connectivity index (χ1n) is 14.8. The summed E-state index contributed by atoms with van der Waals surface area (Å²) in [4.78, 5) is 0. The van der Waals surface area contributed by atoms with Crippen LogP contribution in [0.4, 0.5) is 0 Å². The SMILES string of the molecule is CC/C(=C\c1ccccc1O)CC[C@H]1OC[C@H]2C1=C(CO[Si](c1ccccc1)(c1ccccc1)C(C)(C)C)CS2(=O)=O. The molecule has 1 saturated heterocycles. The molecule has 1 N–H and O–H groups in total. The monoisotopic (exact) mass is 602 g/mol. The second-order valence-corrected chi connectivity index (χ2v) is 18.9. The van der Waals surface area contributed by atoms with Crippen molar-refractivity contribution in [3.8, 4) is 5.75 Å². The maximum atomic E-state index is 13.3. The van der Waals surface area contributed by atoms with Crippen molar-refractivity contribution in [1.82, 2.24) is 0 Å². The topological polar surface area (TPSA) is 72.8 Å². The molecule has 1 fully saturated rings. The summed E-state index contributed by atoms with van der Waals surface area (Å²) in [5, 5.41) is 11.8. The molecule has 0 aliphatic carbocycles. The van der Waals surface area contributed by atoms with Crippen molar-refractivity contribution in [1.29, 1.82) is 0 Å². The van der Waals surface area contributed by atoms with Crippen molar-refractivity contribution in [2.24, 2.45) is 0 Å². The van der Waals surface area contributed by atoms with Gasteiger partial charge >= 0.3 is 0 Å². The molecule has 0 unspecified atom stereocenters. The highest BCUT2D eigenvalue weighted by Crippen LogP contribution is 2.41. The second-order valence-electron chi connectivity index (χ2n) is 12.4. The Morgan fingerprint density at radius 1 is 0.976 bits per heavy atom. The first-order chi connectivity index (χ1) is 20.1. The maximum Gasteiger partial charge on any atom is 0.261 e. The largest absolute Gasteiger partial charge is 0.507 e. The number of phenols is 1. The number of rotatable bonds is 10. The van der Waals surface area contributed by atoms with Crippen LogP contribution < -0.4 is 10.4 Å². The van der Waals surface area contributed by atoms with E-state index < -0.39 is 23.4 Å². The molecule has 222 valence electrons. The van der Waals surface area contributed by atoms with E-state index in [1.165, 1.54) is 15.9 Å². The molecule has 2 aliphatic rings. The highest BCUT2D eigenvalue weighted by molar-refractivity contribution is 7.92. The van der Waals surface area contributed by atoms with E-state index >= 15 is 0 Å². The summed E-state index contributed by atoms with van der Waals surface area (Å²) >= 11 is 0. The van der Waals surface area contributed by atoms with E-state index in [9.17, 15) is 13.5 Å². The van der Waals surface area contributed by atoms with Gasteiger partial charge in [-0.1, -0.05) is 118 Å². The zero-order valence-electron chi connectivity index (χ0n) is 25.0. The fourth-order valence-electron chi connectivity index (χ4n) is 6.59. The van der Waals surface area contributed by atoms with Gasteiger partial charge < -0.3 is 14.3 Å². The van der Waals surface area contributed by atoms with Crippen LogP contribution >= 0.6 is 0 Å². The molecule has 2 aliphatic heterocycles. The van der Waals surface area contributed by atoms with Crippen molar-refractivity contribution in [3.05, 3.63) is 107 Å². The zero-order valence-corrected chi connectivity index (χ0v) is 26.9. The number of sulfone groups is 1. The Labute approximate surface area is 252 Å². The maximum absolute atomic E-state index is 13.3. The third-order valence-electron chi connectivity index (χ3n) is 8.72. The summed E-state index contributed by atoms with van der Waals surface area (Å²) in [5.41, 5.74) is 3.75. The van der Waals surface area contributed by atoms with Gasteiger partial charge in [0.2, 0.25) is 0 Å². The molecular formula is C35H42O5SSi. The van der Waals surface area contributed by atoms with Crippen LogP contribution in [0.2, 0.25) is 5.04 Å². The van der Waals surface area contributed by atoms with Crippen LogP contribution in [0, 0.1) is 0 Å². The van der Waals surface area contributed by atoms with Crippen LogP contribution in [0.1, 0.15) is 52.5 Å². The minimum Gasteiger partial charge on any atom is -0.507 e. The van der Waals surface area contributed by atoms with Gasteiger partial charge in [-0.15, -0.1) is 0 Å². The molecule has 0 aromatic heterocycles. The van der Waals surface area contributed by atoms with E-state index in [2.05, 4.69) is 76.2 Å². The molecule has 0 bridgehead atoms. The normalized spacial score (nSPS) is 20.6. The van der Waals surface area contributed by atoms with E-state index in [4.69, 9.17) is 9.16 Å². The third-order valence-corrected chi connectivity index (χ3v) is 15.7. The smallest absolute Gasteiger partial charge is 0.261 e. The lowest BCUT2D eigenvalue weighted by atomic mass is 9.96. The van der Waals surface area contributed by atoms with Crippen LogP contribution in [0.25, 0.3) is 6.08 Å². The van der Waals surface area contributed by atoms with Gasteiger partial charge in [-0.3, -0.25) is 0 Å². The Kier molecular flexibility index (Phi) is 8.95. The van der Waals surface area contributed by atoms with E-state index in [1.807, 2.05) is 36.4 Å². The second kappa shape index (κ2) is 12.3. The fraction of sp³-hybridized carbons (Fsp3) is 0.371. The lowest BCUT2D eigenvalue weighted by molar-refractivity contribution is 0.117. The molecule has 2 atom stereocenters. The predicted octanol–water partition coefficient (Wildman–Crippen LogP) is 6.03. The highest BCUT2D eigenvalue weighted by Gasteiger charge is 2.52. The first-order valence-corrected chi connectivity index (χ1v) is 18.5. The van der Waals surface area contributed by atoms with Gasteiger partial charge in [0.25, 0.3) is 8.32 Å². The van der Waals surface area contributed by atoms with Crippen molar-refractivity contribution in [2.45, 2.75) is 63.3 Å². The molecule has 3 aromatic rings. The van der Waals surface area contributed by atoms with Gasteiger partial charge in [0.05, 0.1) is 25.1 Å². The Balaban J connectivity index is 1.46. The number of fused-ring (bicyclic) bond motifs is 1. The molecule has 42 heavy (non-hydrogen) atoms. The van der Waals surface area contributed by atoms with Crippen LogP contribution in [0.3, 0.4) is 0 Å². The van der Waals surface area contributed by atoms with Crippen molar-refractivity contribution in [2.75, 3.05) is 19.0 Å². The number of hydrogen-bond donors (Lipinski definition) is 1. The van der Waals surface area contributed by atoms with Gasteiger partial charge in [-0.25, -0.2) is 8.42 Å². The standard InChI is InChI=1S/C35H42O5SSi/c1-5-26(22-27-14-12-13-19-31(27)36)20-21-32-34-28(25-41(37,38)33(34)24-39-32)23-40-42(35(2,3)4,29-15-8-6-9-16-29)30-17-10-7-11-18-30/h6-19,22,32-33,36H,5,20-21,23-25H2,1-4H3/b26-22+/t32-,33+/m1/s1. The average molecular weight is 603 g/mol. The van der Waals surface area contributed by atoms with Gasteiger partial charge in [0.15, 0.2) is 9.84 Å². The fourth-order valence-corrected chi connectivity index (χ4v) is 13.1. The number of allylic oxidation sites excluding steroid dienone is 1. The minimum absolute atomic E-state index is 0.0272. The van der Waals surface area contributed by atoms with E-state index in [0.29, 0.717) is 6.42 Å². The Bertz CT molecular complexity index is 1520. The molecule has 2 heterocycles. The van der Waals surface area contributed by atoms with Gasteiger partial charge in [-0.2, -0.15) is 0 Å². The Morgan fingerprint density at radius 3 is 2.14 bits per heavy atom. The number of ether oxygens (including phenoxy) is 1. The minimum atomic E-state index is -3.35. The summed E-state index contributed by atoms with van der Waals surface area (Å²) < 4.78 is 40.0. The lowest BCUT2D eigenvalue weighted by Crippen LogP contribution is -2.66. The molecule has 3 aromatic carbocycles. The average Bonchev–Trinajstić information content (AvgIpc) is 3.51. The summed E-state index contributed by atoms with van der Waals surface area (Å²) in [7, 11) is -6.17. The molecule has 0 radical (unpaired) electrons. The Hall–Kier alpha value is -2.97. The van der Waals surface area contributed by atoms with Crippen LogP contribution in [-0.2, 0) is 19.0 Å². The van der Waals surface area contributed by atoms with Crippen LogP contribution in [0.5, 0.6) is 5.75 Å². The Morgan fingerprint density at radius 2 is 1.57 bits per heavy atom. The quantitative estimate of drug-likeness (QED) is 0.227. The molecule has 0 spiro atoms. The number of benzene rings is 3. The highest BCUT2D eigenvalue weighted by atomic mass is 32.2. The van der Waals surface area contributed by atoms with Crippen molar-refractivity contribution in [3.63, 3.8) is 0 Å². The van der Waals surface area contributed by atoms with Crippen molar-refractivity contribution < 1.29 is 22.7 Å². The van der Waals surface area contributed by atoms with Crippen LogP contribution in [0.15, 0.2) is 102 Å². The van der Waals surface area contributed by atoms with Gasteiger partial charge in [0, 0.05) is 5.56 Å². The number of para-hydroxylation sites is 1. The zero-order chi connectivity index (χ0) is 30.0.